The second-order valence-electron chi connectivity index (χ2n) is 6.94. The average Bonchev–Trinajstić information content (AvgIpc) is 2.68. The van der Waals surface area contributed by atoms with Gasteiger partial charge in [0.25, 0.3) is 0 Å². The van der Waals surface area contributed by atoms with Gasteiger partial charge in [0.1, 0.15) is 6.33 Å². The molecule has 1 heterocycles. The molecule has 29 heavy (non-hydrogen) atoms. The number of aryl methyl sites for hydroxylation is 2. The molecule has 0 aliphatic heterocycles. The van der Waals surface area contributed by atoms with E-state index in [-0.39, 0.29) is 5.91 Å². The van der Waals surface area contributed by atoms with Crippen LogP contribution < -0.4 is 16.0 Å². The van der Waals surface area contributed by atoms with Gasteiger partial charge < -0.3 is 16.0 Å². The zero-order valence-electron chi connectivity index (χ0n) is 17.0. The maximum Gasteiger partial charge on any atom is 0.232 e. The fourth-order valence-corrected chi connectivity index (χ4v) is 3.02. The third-order valence-electron chi connectivity index (χ3n) is 4.47. The van der Waals surface area contributed by atoms with Crippen molar-refractivity contribution in [3.05, 3.63) is 65.5 Å². The summed E-state index contributed by atoms with van der Waals surface area (Å²) in [6, 6.07) is 14.2. The van der Waals surface area contributed by atoms with E-state index in [2.05, 4.69) is 62.1 Å². The lowest BCUT2D eigenvalue weighted by Gasteiger charge is -2.13. The van der Waals surface area contributed by atoms with Gasteiger partial charge in [0, 0.05) is 24.8 Å². The highest BCUT2D eigenvalue weighted by Crippen LogP contribution is 2.25. The van der Waals surface area contributed by atoms with E-state index in [0.717, 1.165) is 36.3 Å². The molecule has 1 aromatic heterocycles. The van der Waals surface area contributed by atoms with E-state index in [1.54, 1.807) is 0 Å². The number of amides is 1. The summed E-state index contributed by atoms with van der Waals surface area (Å²) in [5, 5.41) is 9.26. The minimum absolute atomic E-state index is 0.109. The van der Waals surface area contributed by atoms with E-state index in [1.807, 2.05) is 25.1 Å². The zero-order chi connectivity index (χ0) is 20.6. The Hall–Kier alpha value is -3.48. The summed E-state index contributed by atoms with van der Waals surface area (Å²) in [4.78, 5) is 24.1. The third-order valence-corrected chi connectivity index (χ3v) is 4.47. The standard InChI is InChI=1S/C22H26N6O/c1-15-7-4-8-18(13-15)9-6-12-23-21-24-14-25-22(28-21)27-20-11-5-10-19(16(20)2)26-17(3)29/h4-5,7-8,10-11,13-14H,6,9,12H2,1-3H3,(H,26,29)(H2,23,24,25,27,28). The van der Waals surface area contributed by atoms with Crippen molar-refractivity contribution in [2.75, 3.05) is 22.5 Å². The lowest BCUT2D eigenvalue weighted by Crippen LogP contribution is -2.10. The topological polar surface area (TPSA) is 91.8 Å². The van der Waals surface area contributed by atoms with Crippen LogP contribution >= 0.6 is 0 Å². The van der Waals surface area contributed by atoms with E-state index < -0.39 is 0 Å². The number of rotatable bonds is 8. The smallest absolute Gasteiger partial charge is 0.232 e. The van der Waals surface area contributed by atoms with Crippen molar-refractivity contribution in [3.63, 3.8) is 0 Å². The van der Waals surface area contributed by atoms with Gasteiger partial charge in [-0.2, -0.15) is 4.98 Å². The Balaban J connectivity index is 1.58. The average molecular weight is 390 g/mol. The second-order valence-corrected chi connectivity index (χ2v) is 6.94. The highest BCUT2D eigenvalue weighted by molar-refractivity contribution is 5.90. The Morgan fingerprint density at radius 3 is 2.55 bits per heavy atom. The summed E-state index contributed by atoms with van der Waals surface area (Å²) >= 11 is 0. The second kappa shape index (κ2) is 9.64. The van der Waals surface area contributed by atoms with Crippen LogP contribution in [-0.2, 0) is 11.2 Å². The molecule has 150 valence electrons. The number of hydrogen-bond acceptors (Lipinski definition) is 6. The van der Waals surface area contributed by atoms with Crippen molar-refractivity contribution in [1.29, 1.82) is 0 Å². The fraction of sp³-hybridized carbons (Fsp3) is 0.273. The van der Waals surface area contributed by atoms with Crippen LogP contribution in [0.1, 0.15) is 30.0 Å². The van der Waals surface area contributed by atoms with E-state index in [0.29, 0.717) is 11.9 Å². The van der Waals surface area contributed by atoms with Crippen molar-refractivity contribution >= 4 is 29.2 Å². The van der Waals surface area contributed by atoms with Gasteiger partial charge in [0.05, 0.1) is 0 Å². The summed E-state index contributed by atoms with van der Waals surface area (Å²) in [6.07, 6.45) is 3.46. The van der Waals surface area contributed by atoms with Gasteiger partial charge in [-0.1, -0.05) is 35.9 Å². The molecule has 0 spiro atoms. The largest absolute Gasteiger partial charge is 0.354 e. The molecule has 0 saturated carbocycles. The number of carbonyl (C=O) groups is 1. The Labute approximate surface area is 171 Å². The molecule has 0 bridgehead atoms. The van der Waals surface area contributed by atoms with E-state index >= 15 is 0 Å². The van der Waals surface area contributed by atoms with E-state index in [1.165, 1.54) is 24.4 Å². The molecule has 0 aliphatic rings. The molecule has 7 heteroatoms. The van der Waals surface area contributed by atoms with E-state index in [4.69, 9.17) is 0 Å². The number of anilines is 4. The van der Waals surface area contributed by atoms with Gasteiger partial charge in [-0.25, -0.2) is 9.97 Å². The molecule has 3 aromatic rings. The first-order chi connectivity index (χ1) is 14.0. The molecule has 0 aliphatic carbocycles. The molecule has 3 rings (SSSR count). The van der Waals surface area contributed by atoms with Crippen molar-refractivity contribution in [2.45, 2.75) is 33.6 Å². The van der Waals surface area contributed by atoms with Crippen LogP contribution in [0.15, 0.2) is 48.8 Å². The van der Waals surface area contributed by atoms with E-state index in [9.17, 15) is 4.79 Å². The predicted octanol–water partition coefficient (Wildman–Crippen LogP) is 4.24. The van der Waals surface area contributed by atoms with Crippen LogP contribution in [0.4, 0.5) is 23.3 Å². The van der Waals surface area contributed by atoms with Crippen molar-refractivity contribution in [1.82, 2.24) is 15.0 Å². The molecule has 0 fully saturated rings. The van der Waals surface area contributed by atoms with Gasteiger partial charge in [0.2, 0.25) is 17.8 Å². The quantitative estimate of drug-likeness (QED) is 0.499. The number of nitrogens with one attached hydrogen (secondary N) is 3. The highest BCUT2D eigenvalue weighted by atomic mass is 16.1. The summed E-state index contributed by atoms with van der Waals surface area (Å²) in [7, 11) is 0. The number of carbonyl (C=O) groups excluding carboxylic acids is 1. The lowest BCUT2D eigenvalue weighted by molar-refractivity contribution is -0.114. The Morgan fingerprint density at radius 2 is 1.76 bits per heavy atom. The summed E-state index contributed by atoms with van der Waals surface area (Å²) < 4.78 is 0. The van der Waals surface area contributed by atoms with Gasteiger partial charge in [-0.05, 0) is 49.9 Å². The third kappa shape index (κ3) is 6.00. The lowest BCUT2D eigenvalue weighted by atomic mass is 10.1. The minimum Gasteiger partial charge on any atom is -0.354 e. The molecule has 0 radical (unpaired) electrons. The highest BCUT2D eigenvalue weighted by Gasteiger charge is 2.07. The van der Waals surface area contributed by atoms with Crippen molar-refractivity contribution in [2.24, 2.45) is 0 Å². The van der Waals surface area contributed by atoms with Crippen LogP contribution in [0.3, 0.4) is 0 Å². The Bertz CT molecular complexity index is 989. The van der Waals surface area contributed by atoms with Gasteiger partial charge in [0.15, 0.2) is 0 Å². The van der Waals surface area contributed by atoms with Crippen molar-refractivity contribution in [3.8, 4) is 0 Å². The molecule has 7 nitrogen and oxygen atoms in total. The van der Waals surface area contributed by atoms with Crippen LogP contribution in [0.2, 0.25) is 0 Å². The van der Waals surface area contributed by atoms with Crippen LogP contribution in [0.5, 0.6) is 0 Å². The Morgan fingerprint density at radius 1 is 1.00 bits per heavy atom. The first-order valence-electron chi connectivity index (χ1n) is 9.64. The monoisotopic (exact) mass is 390 g/mol. The molecule has 0 atom stereocenters. The van der Waals surface area contributed by atoms with Crippen LogP contribution in [-0.4, -0.2) is 27.4 Å². The number of nitrogens with zero attached hydrogens (tertiary/aromatic N) is 3. The number of hydrogen-bond donors (Lipinski definition) is 3. The first kappa shape index (κ1) is 20.3. The molecule has 1 amide bonds. The van der Waals surface area contributed by atoms with Gasteiger partial charge in [-0.15, -0.1) is 0 Å². The molecular weight excluding hydrogens is 364 g/mol. The number of benzene rings is 2. The van der Waals surface area contributed by atoms with Crippen molar-refractivity contribution < 1.29 is 4.79 Å². The molecule has 0 unspecified atom stereocenters. The summed E-state index contributed by atoms with van der Waals surface area (Å²) in [6.45, 7) is 6.30. The predicted molar refractivity (Wildman–Crippen MR) is 117 cm³/mol. The maximum atomic E-state index is 11.3. The van der Waals surface area contributed by atoms with Crippen LogP contribution in [0, 0.1) is 13.8 Å². The molecule has 3 N–H and O–H groups in total. The maximum absolute atomic E-state index is 11.3. The molecule has 0 saturated heterocycles. The molecular formula is C22H26N6O. The van der Waals surface area contributed by atoms with Crippen LogP contribution in [0.25, 0.3) is 0 Å². The first-order valence-corrected chi connectivity index (χ1v) is 9.64. The zero-order valence-corrected chi connectivity index (χ0v) is 17.0. The fourth-order valence-electron chi connectivity index (χ4n) is 3.02. The summed E-state index contributed by atoms with van der Waals surface area (Å²) in [5.41, 5.74) is 5.11. The normalized spacial score (nSPS) is 10.4. The SMILES string of the molecule is CC(=O)Nc1cccc(Nc2ncnc(NCCCc3cccc(C)c3)n2)c1C. The number of aromatic nitrogens is 3. The Kier molecular flexibility index (Phi) is 6.73. The molecule has 2 aromatic carbocycles. The van der Waals surface area contributed by atoms with Gasteiger partial charge >= 0.3 is 0 Å². The minimum atomic E-state index is -0.109. The summed E-state index contributed by atoms with van der Waals surface area (Å²) in [5.74, 6) is 0.870. The van der Waals surface area contributed by atoms with Gasteiger partial charge in [-0.3, -0.25) is 4.79 Å².